The molecule has 0 bridgehead atoms. The van der Waals surface area contributed by atoms with Gasteiger partial charge in [-0.05, 0) is 18.6 Å². The smallest absolute Gasteiger partial charge is 0.243 e. The van der Waals surface area contributed by atoms with Crippen LogP contribution in [0, 0.1) is 11.6 Å². The standard InChI is InChI=1S/C12H16F2N2O2S/c1-2-3-16(11-7-15-8-11)19(17,18)12-5-9(13)4-10(14)6-12/h4-6,11,15H,2-3,7-8H2,1H3. The van der Waals surface area contributed by atoms with E-state index in [1.165, 1.54) is 4.31 Å². The molecule has 0 aromatic heterocycles. The van der Waals surface area contributed by atoms with E-state index in [2.05, 4.69) is 5.32 Å². The van der Waals surface area contributed by atoms with Crippen LogP contribution < -0.4 is 5.32 Å². The Labute approximate surface area is 111 Å². The van der Waals surface area contributed by atoms with Crippen LogP contribution in [-0.2, 0) is 10.0 Å². The first-order chi connectivity index (χ1) is 8.95. The van der Waals surface area contributed by atoms with E-state index < -0.39 is 21.7 Å². The highest BCUT2D eigenvalue weighted by Crippen LogP contribution is 2.22. The summed E-state index contributed by atoms with van der Waals surface area (Å²) >= 11 is 0. The lowest BCUT2D eigenvalue weighted by atomic mass is 10.2. The highest BCUT2D eigenvalue weighted by molar-refractivity contribution is 7.89. The summed E-state index contributed by atoms with van der Waals surface area (Å²) in [5.41, 5.74) is 0. The van der Waals surface area contributed by atoms with E-state index in [1.54, 1.807) is 0 Å². The second kappa shape index (κ2) is 5.52. The first-order valence-electron chi connectivity index (χ1n) is 6.14. The Balaban J connectivity index is 2.37. The molecule has 0 radical (unpaired) electrons. The van der Waals surface area contributed by atoms with Crippen molar-refractivity contribution in [2.75, 3.05) is 19.6 Å². The maximum absolute atomic E-state index is 13.2. The molecule has 0 aliphatic carbocycles. The van der Waals surface area contributed by atoms with Gasteiger partial charge in [-0.1, -0.05) is 6.92 Å². The molecule has 1 aliphatic heterocycles. The number of rotatable bonds is 5. The summed E-state index contributed by atoms with van der Waals surface area (Å²) in [5, 5.41) is 2.99. The van der Waals surface area contributed by atoms with Crippen LogP contribution in [0.4, 0.5) is 8.78 Å². The topological polar surface area (TPSA) is 49.4 Å². The molecule has 7 heteroatoms. The van der Waals surface area contributed by atoms with E-state index in [9.17, 15) is 17.2 Å². The molecular formula is C12H16F2N2O2S. The number of nitrogens with zero attached hydrogens (tertiary/aromatic N) is 1. The molecule has 2 rings (SSSR count). The zero-order chi connectivity index (χ0) is 14.0. The molecule has 4 nitrogen and oxygen atoms in total. The number of nitrogens with one attached hydrogen (secondary N) is 1. The Bertz CT molecular complexity index is 539. The van der Waals surface area contributed by atoms with Gasteiger partial charge in [0.15, 0.2) is 0 Å². The van der Waals surface area contributed by atoms with Crippen molar-refractivity contribution in [3.8, 4) is 0 Å². The van der Waals surface area contributed by atoms with E-state index in [0.29, 0.717) is 32.1 Å². The van der Waals surface area contributed by atoms with Gasteiger partial charge in [-0.3, -0.25) is 0 Å². The Hall–Kier alpha value is -1.05. The molecule has 1 heterocycles. The van der Waals surface area contributed by atoms with Gasteiger partial charge in [0.1, 0.15) is 11.6 Å². The zero-order valence-corrected chi connectivity index (χ0v) is 11.4. The third kappa shape index (κ3) is 2.93. The summed E-state index contributed by atoms with van der Waals surface area (Å²) in [6.07, 6.45) is 0.646. The van der Waals surface area contributed by atoms with Crippen LogP contribution in [0.3, 0.4) is 0 Å². The maximum Gasteiger partial charge on any atom is 0.243 e. The summed E-state index contributed by atoms with van der Waals surface area (Å²) in [7, 11) is -3.85. The van der Waals surface area contributed by atoms with Gasteiger partial charge in [0.2, 0.25) is 10.0 Å². The quantitative estimate of drug-likeness (QED) is 0.890. The Morgan fingerprint density at radius 2 is 1.84 bits per heavy atom. The molecule has 0 atom stereocenters. The fourth-order valence-corrected chi connectivity index (χ4v) is 3.77. The molecule has 0 spiro atoms. The SMILES string of the molecule is CCCN(C1CNC1)S(=O)(=O)c1cc(F)cc(F)c1. The summed E-state index contributed by atoms with van der Waals surface area (Å²) in [6.45, 7) is 3.33. The van der Waals surface area contributed by atoms with Crippen molar-refractivity contribution in [1.82, 2.24) is 9.62 Å². The van der Waals surface area contributed by atoms with Crippen LogP contribution in [0.1, 0.15) is 13.3 Å². The second-order valence-electron chi connectivity index (χ2n) is 4.53. The molecular weight excluding hydrogens is 274 g/mol. The zero-order valence-electron chi connectivity index (χ0n) is 10.6. The molecule has 1 saturated heterocycles. The van der Waals surface area contributed by atoms with Crippen LogP contribution in [0.5, 0.6) is 0 Å². The number of benzene rings is 1. The van der Waals surface area contributed by atoms with E-state index in [4.69, 9.17) is 0 Å². The Morgan fingerprint density at radius 1 is 1.26 bits per heavy atom. The van der Waals surface area contributed by atoms with Gasteiger partial charge in [-0.15, -0.1) is 0 Å². The predicted octanol–water partition coefficient (Wildman–Crippen LogP) is 1.34. The van der Waals surface area contributed by atoms with Crippen molar-refractivity contribution in [3.05, 3.63) is 29.8 Å². The second-order valence-corrected chi connectivity index (χ2v) is 6.42. The monoisotopic (exact) mass is 290 g/mol. The molecule has 106 valence electrons. The first-order valence-corrected chi connectivity index (χ1v) is 7.58. The number of hydrogen-bond acceptors (Lipinski definition) is 3. The molecule has 1 fully saturated rings. The molecule has 19 heavy (non-hydrogen) atoms. The summed E-state index contributed by atoms with van der Waals surface area (Å²) in [5.74, 6) is -1.77. The van der Waals surface area contributed by atoms with Crippen molar-refractivity contribution in [2.45, 2.75) is 24.3 Å². The number of halogens is 2. The third-order valence-corrected chi connectivity index (χ3v) is 4.98. The molecule has 1 aliphatic rings. The van der Waals surface area contributed by atoms with Crippen LogP contribution in [0.15, 0.2) is 23.1 Å². The van der Waals surface area contributed by atoms with E-state index in [1.807, 2.05) is 6.92 Å². The molecule has 0 unspecified atom stereocenters. The molecule has 1 N–H and O–H groups in total. The average Bonchev–Trinajstić information content (AvgIpc) is 2.24. The van der Waals surface area contributed by atoms with Gasteiger partial charge in [0, 0.05) is 25.7 Å². The Kier molecular flexibility index (Phi) is 4.17. The van der Waals surface area contributed by atoms with Gasteiger partial charge < -0.3 is 5.32 Å². The van der Waals surface area contributed by atoms with Crippen molar-refractivity contribution in [2.24, 2.45) is 0 Å². The van der Waals surface area contributed by atoms with Gasteiger partial charge >= 0.3 is 0 Å². The van der Waals surface area contributed by atoms with Gasteiger partial charge in [0.05, 0.1) is 10.9 Å². The Morgan fingerprint density at radius 3 is 2.26 bits per heavy atom. The molecule has 0 saturated carbocycles. The number of sulfonamides is 1. The third-order valence-electron chi connectivity index (χ3n) is 3.05. The highest BCUT2D eigenvalue weighted by atomic mass is 32.2. The van der Waals surface area contributed by atoms with Gasteiger partial charge in [-0.25, -0.2) is 17.2 Å². The van der Waals surface area contributed by atoms with Crippen LogP contribution >= 0.6 is 0 Å². The van der Waals surface area contributed by atoms with Crippen LogP contribution in [0.2, 0.25) is 0 Å². The van der Waals surface area contributed by atoms with Crippen molar-refractivity contribution < 1.29 is 17.2 Å². The highest BCUT2D eigenvalue weighted by Gasteiger charge is 2.34. The lowest BCUT2D eigenvalue weighted by molar-refractivity contribution is 0.241. The summed E-state index contributed by atoms with van der Waals surface area (Å²) in [4.78, 5) is -0.328. The van der Waals surface area contributed by atoms with E-state index in [-0.39, 0.29) is 10.9 Å². The lowest BCUT2D eigenvalue weighted by Crippen LogP contribution is -2.58. The minimum atomic E-state index is -3.85. The summed E-state index contributed by atoms with van der Waals surface area (Å²) in [6, 6.07) is 2.23. The van der Waals surface area contributed by atoms with Crippen molar-refractivity contribution in [1.29, 1.82) is 0 Å². The van der Waals surface area contributed by atoms with Crippen molar-refractivity contribution >= 4 is 10.0 Å². The lowest BCUT2D eigenvalue weighted by Gasteiger charge is -2.37. The van der Waals surface area contributed by atoms with E-state index >= 15 is 0 Å². The van der Waals surface area contributed by atoms with E-state index in [0.717, 1.165) is 12.1 Å². The minimum Gasteiger partial charge on any atom is -0.313 e. The van der Waals surface area contributed by atoms with Gasteiger partial charge in [0.25, 0.3) is 0 Å². The largest absolute Gasteiger partial charge is 0.313 e. The number of hydrogen-bond donors (Lipinski definition) is 1. The van der Waals surface area contributed by atoms with Crippen LogP contribution in [0.25, 0.3) is 0 Å². The predicted molar refractivity (Wildman–Crippen MR) is 67.2 cm³/mol. The first kappa shape index (κ1) is 14.4. The fraction of sp³-hybridized carbons (Fsp3) is 0.500. The minimum absolute atomic E-state index is 0.142. The average molecular weight is 290 g/mol. The molecule has 1 aromatic carbocycles. The van der Waals surface area contributed by atoms with Crippen LogP contribution in [-0.4, -0.2) is 38.4 Å². The van der Waals surface area contributed by atoms with Gasteiger partial charge in [-0.2, -0.15) is 4.31 Å². The normalized spacial score (nSPS) is 16.6. The summed E-state index contributed by atoms with van der Waals surface area (Å²) < 4.78 is 52.5. The van der Waals surface area contributed by atoms with Crippen molar-refractivity contribution in [3.63, 3.8) is 0 Å². The molecule has 1 aromatic rings. The molecule has 0 amide bonds. The fourth-order valence-electron chi connectivity index (χ4n) is 2.01. The maximum atomic E-state index is 13.2.